The van der Waals surface area contributed by atoms with E-state index in [4.69, 9.17) is 4.74 Å². The molecule has 3 heteroatoms. The standard InChI is InChI=1S/C22H20O3/c1-16(21(22(23)24)18-8-4-2-5-9-18)17-12-14-20(15-13-17)25-19-10-6-3-7-11-19/h2-16,21H,1H3,(H,23,24)/t16-,21?/m0/s1. The number of carboxylic acids is 1. The highest BCUT2D eigenvalue weighted by Gasteiger charge is 2.27. The molecule has 3 aromatic rings. The smallest absolute Gasteiger partial charge is 0.311 e. The summed E-state index contributed by atoms with van der Waals surface area (Å²) in [6.07, 6.45) is 0. The highest BCUT2D eigenvalue weighted by Crippen LogP contribution is 2.34. The number of hydrogen-bond acceptors (Lipinski definition) is 2. The fourth-order valence-electron chi connectivity index (χ4n) is 2.96. The van der Waals surface area contributed by atoms with Crippen LogP contribution in [-0.2, 0) is 4.79 Å². The van der Waals surface area contributed by atoms with Gasteiger partial charge in [0.25, 0.3) is 0 Å². The maximum absolute atomic E-state index is 11.8. The van der Waals surface area contributed by atoms with Crippen LogP contribution in [0.3, 0.4) is 0 Å². The van der Waals surface area contributed by atoms with Gasteiger partial charge in [0.1, 0.15) is 11.5 Å². The van der Waals surface area contributed by atoms with Crippen molar-refractivity contribution in [2.75, 3.05) is 0 Å². The van der Waals surface area contributed by atoms with Gasteiger partial charge in [0, 0.05) is 0 Å². The number of benzene rings is 3. The first-order valence-electron chi connectivity index (χ1n) is 8.26. The number of ether oxygens (including phenoxy) is 1. The molecule has 0 spiro atoms. The van der Waals surface area contributed by atoms with Gasteiger partial charge in [-0.1, -0.05) is 67.6 Å². The zero-order valence-electron chi connectivity index (χ0n) is 14.0. The predicted molar refractivity (Wildman–Crippen MR) is 98.2 cm³/mol. The van der Waals surface area contributed by atoms with Crippen LogP contribution in [0.2, 0.25) is 0 Å². The average Bonchev–Trinajstić information content (AvgIpc) is 2.64. The molecule has 0 bridgehead atoms. The topological polar surface area (TPSA) is 46.5 Å². The van der Waals surface area contributed by atoms with E-state index in [0.29, 0.717) is 0 Å². The molecule has 0 saturated carbocycles. The van der Waals surface area contributed by atoms with Crippen molar-refractivity contribution >= 4 is 5.97 Å². The number of carboxylic acid groups (broad SMARTS) is 1. The van der Waals surface area contributed by atoms with Gasteiger partial charge in [-0.2, -0.15) is 0 Å². The van der Waals surface area contributed by atoms with E-state index in [1.165, 1.54) is 0 Å². The van der Waals surface area contributed by atoms with E-state index < -0.39 is 11.9 Å². The Hall–Kier alpha value is -3.07. The van der Waals surface area contributed by atoms with Gasteiger partial charge >= 0.3 is 5.97 Å². The van der Waals surface area contributed by atoms with Crippen LogP contribution < -0.4 is 4.74 Å². The summed E-state index contributed by atoms with van der Waals surface area (Å²) in [5, 5.41) is 9.68. The summed E-state index contributed by atoms with van der Waals surface area (Å²) in [5.74, 6) is -0.0409. The van der Waals surface area contributed by atoms with E-state index in [1.807, 2.05) is 91.9 Å². The molecule has 0 aliphatic heterocycles. The summed E-state index contributed by atoms with van der Waals surface area (Å²) in [6.45, 7) is 1.94. The summed E-state index contributed by atoms with van der Waals surface area (Å²) in [6, 6.07) is 26.5. The van der Waals surface area contributed by atoms with Gasteiger partial charge in [-0.3, -0.25) is 4.79 Å². The van der Waals surface area contributed by atoms with Crippen LogP contribution in [0.15, 0.2) is 84.9 Å². The molecule has 0 fully saturated rings. The Bertz CT molecular complexity index is 811. The minimum absolute atomic E-state index is 0.148. The number of para-hydroxylation sites is 1. The van der Waals surface area contributed by atoms with Crippen molar-refractivity contribution in [3.63, 3.8) is 0 Å². The third-order valence-corrected chi connectivity index (χ3v) is 4.31. The fraction of sp³-hybridized carbons (Fsp3) is 0.136. The molecule has 0 aromatic heterocycles. The number of aliphatic carboxylic acids is 1. The maximum Gasteiger partial charge on any atom is 0.311 e. The van der Waals surface area contributed by atoms with Crippen molar-refractivity contribution in [2.45, 2.75) is 18.8 Å². The molecule has 3 aromatic carbocycles. The Kier molecular flexibility index (Phi) is 5.14. The van der Waals surface area contributed by atoms with E-state index in [2.05, 4.69) is 0 Å². The second-order valence-corrected chi connectivity index (χ2v) is 6.00. The van der Waals surface area contributed by atoms with Gasteiger partial charge in [-0.25, -0.2) is 0 Å². The summed E-state index contributed by atoms with van der Waals surface area (Å²) < 4.78 is 5.79. The van der Waals surface area contributed by atoms with Gasteiger partial charge in [0.15, 0.2) is 0 Å². The Balaban J connectivity index is 1.79. The molecule has 126 valence electrons. The fourth-order valence-corrected chi connectivity index (χ4v) is 2.96. The zero-order valence-corrected chi connectivity index (χ0v) is 14.0. The van der Waals surface area contributed by atoms with Crippen molar-refractivity contribution in [3.8, 4) is 11.5 Å². The first-order valence-corrected chi connectivity index (χ1v) is 8.26. The minimum atomic E-state index is -0.816. The highest BCUT2D eigenvalue weighted by molar-refractivity contribution is 5.77. The van der Waals surface area contributed by atoms with Crippen LogP contribution in [0.5, 0.6) is 11.5 Å². The van der Waals surface area contributed by atoms with Crippen LogP contribution in [0.4, 0.5) is 0 Å². The molecule has 0 amide bonds. The molecule has 3 nitrogen and oxygen atoms in total. The summed E-state index contributed by atoms with van der Waals surface area (Å²) in [5.41, 5.74) is 1.78. The van der Waals surface area contributed by atoms with Crippen molar-refractivity contribution in [1.29, 1.82) is 0 Å². The number of hydrogen-bond donors (Lipinski definition) is 1. The molecule has 0 aliphatic carbocycles. The van der Waals surface area contributed by atoms with Gasteiger partial charge in [-0.05, 0) is 41.3 Å². The SMILES string of the molecule is C[C@@H](c1ccc(Oc2ccccc2)cc1)C(C(=O)O)c1ccccc1. The lowest BCUT2D eigenvalue weighted by molar-refractivity contribution is -0.139. The molecular formula is C22H20O3. The van der Waals surface area contributed by atoms with Crippen LogP contribution in [0, 0.1) is 0 Å². The Labute approximate surface area is 147 Å². The molecule has 1 N–H and O–H groups in total. The second-order valence-electron chi connectivity index (χ2n) is 6.00. The second kappa shape index (κ2) is 7.67. The van der Waals surface area contributed by atoms with Gasteiger partial charge in [0.2, 0.25) is 0 Å². The van der Waals surface area contributed by atoms with Crippen molar-refractivity contribution in [1.82, 2.24) is 0 Å². The summed E-state index contributed by atoms with van der Waals surface area (Å²) in [4.78, 5) is 11.8. The number of rotatable bonds is 6. The van der Waals surface area contributed by atoms with E-state index in [9.17, 15) is 9.90 Å². The van der Waals surface area contributed by atoms with Gasteiger partial charge < -0.3 is 9.84 Å². The van der Waals surface area contributed by atoms with Crippen molar-refractivity contribution < 1.29 is 14.6 Å². The predicted octanol–water partition coefficient (Wildman–Crippen LogP) is 5.45. The number of carbonyl (C=O) groups is 1. The first-order chi connectivity index (χ1) is 12.1. The lowest BCUT2D eigenvalue weighted by Gasteiger charge is -2.21. The van der Waals surface area contributed by atoms with Crippen LogP contribution in [0.1, 0.15) is 29.9 Å². The molecule has 2 atom stereocenters. The molecule has 0 heterocycles. The van der Waals surface area contributed by atoms with E-state index in [0.717, 1.165) is 22.6 Å². The summed E-state index contributed by atoms with van der Waals surface area (Å²) >= 11 is 0. The van der Waals surface area contributed by atoms with Crippen LogP contribution in [-0.4, -0.2) is 11.1 Å². The molecule has 0 saturated heterocycles. The Morgan fingerprint density at radius 3 is 1.84 bits per heavy atom. The van der Waals surface area contributed by atoms with E-state index in [-0.39, 0.29) is 5.92 Å². The molecular weight excluding hydrogens is 312 g/mol. The minimum Gasteiger partial charge on any atom is -0.481 e. The zero-order chi connectivity index (χ0) is 17.6. The first kappa shape index (κ1) is 16.8. The van der Waals surface area contributed by atoms with Gasteiger partial charge in [0.05, 0.1) is 5.92 Å². The van der Waals surface area contributed by atoms with Crippen molar-refractivity contribution in [2.24, 2.45) is 0 Å². The lowest BCUT2D eigenvalue weighted by atomic mass is 9.83. The molecule has 3 rings (SSSR count). The maximum atomic E-state index is 11.8. The van der Waals surface area contributed by atoms with E-state index >= 15 is 0 Å². The normalized spacial score (nSPS) is 13.0. The lowest BCUT2D eigenvalue weighted by Crippen LogP contribution is -2.18. The van der Waals surface area contributed by atoms with Crippen LogP contribution in [0.25, 0.3) is 0 Å². The molecule has 1 unspecified atom stereocenters. The van der Waals surface area contributed by atoms with Crippen LogP contribution >= 0.6 is 0 Å². The monoisotopic (exact) mass is 332 g/mol. The Morgan fingerprint density at radius 1 is 0.760 bits per heavy atom. The average molecular weight is 332 g/mol. The largest absolute Gasteiger partial charge is 0.481 e. The highest BCUT2D eigenvalue weighted by atomic mass is 16.5. The Morgan fingerprint density at radius 2 is 1.28 bits per heavy atom. The van der Waals surface area contributed by atoms with Gasteiger partial charge in [-0.15, -0.1) is 0 Å². The quantitative estimate of drug-likeness (QED) is 0.653. The molecule has 0 aliphatic rings. The molecule has 0 radical (unpaired) electrons. The summed E-state index contributed by atoms with van der Waals surface area (Å²) in [7, 11) is 0. The third-order valence-electron chi connectivity index (χ3n) is 4.31. The van der Waals surface area contributed by atoms with Crippen molar-refractivity contribution in [3.05, 3.63) is 96.1 Å². The van der Waals surface area contributed by atoms with E-state index in [1.54, 1.807) is 0 Å². The third kappa shape index (κ3) is 4.07. The molecule has 25 heavy (non-hydrogen) atoms.